The van der Waals surface area contributed by atoms with Crippen molar-refractivity contribution in [3.8, 4) is 0 Å². The third kappa shape index (κ3) is 4.62. The van der Waals surface area contributed by atoms with Gasteiger partial charge >= 0.3 is 0 Å². The molecule has 136 valence electrons. The molecule has 1 aromatic heterocycles. The van der Waals surface area contributed by atoms with Crippen molar-refractivity contribution in [3.05, 3.63) is 71.9 Å². The zero-order chi connectivity index (χ0) is 18.4. The van der Waals surface area contributed by atoms with E-state index in [-0.39, 0.29) is 5.92 Å². The van der Waals surface area contributed by atoms with Crippen LogP contribution in [0.3, 0.4) is 0 Å². The summed E-state index contributed by atoms with van der Waals surface area (Å²) in [5.74, 6) is 0.223. The molecule has 3 rings (SSSR count). The normalized spacial score (nSPS) is 12.3. The summed E-state index contributed by atoms with van der Waals surface area (Å²) in [6.45, 7) is 2.54. The summed E-state index contributed by atoms with van der Waals surface area (Å²) in [5, 5.41) is 8.63. The maximum Gasteiger partial charge on any atom is 0.166 e. The number of benzene rings is 2. The largest absolute Gasteiger partial charge is 0.362 e. The van der Waals surface area contributed by atoms with Gasteiger partial charge in [-0.05, 0) is 43.5 Å². The number of thiocarbonyl (C=S) groups is 1. The lowest BCUT2D eigenvalue weighted by Gasteiger charge is -2.20. The number of nitrogens with one attached hydrogen (secondary N) is 3. The maximum absolute atomic E-state index is 5.45. The fraction of sp³-hybridized carbons (Fsp3) is 0.286. The van der Waals surface area contributed by atoms with E-state index < -0.39 is 0 Å². The van der Waals surface area contributed by atoms with Gasteiger partial charge in [0.05, 0.1) is 0 Å². The maximum atomic E-state index is 5.45. The Bertz CT molecular complexity index is 841. The summed E-state index contributed by atoms with van der Waals surface area (Å²) in [7, 11) is 4.11. The van der Waals surface area contributed by atoms with Crippen LogP contribution >= 0.6 is 12.2 Å². The van der Waals surface area contributed by atoms with Crippen LogP contribution in [0.25, 0.3) is 10.9 Å². The topological polar surface area (TPSA) is 43.1 Å². The van der Waals surface area contributed by atoms with Crippen LogP contribution in [0.2, 0.25) is 0 Å². The van der Waals surface area contributed by atoms with E-state index in [1.54, 1.807) is 0 Å². The standard InChI is InChI=1S/C21H26N4S/c1-25(2)13-12-22-21(26)24-14-18(16-8-4-3-5-9-16)19-15-23-20-11-7-6-10-17(19)20/h3-11,15,18,23H,12-14H2,1-2H3,(H2,22,24,26)/t18-/m0/s1. The zero-order valence-corrected chi connectivity index (χ0v) is 16.1. The molecule has 3 aromatic rings. The molecule has 1 heterocycles. The van der Waals surface area contributed by atoms with Crippen molar-refractivity contribution in [3.63, 3.8) is 0 Å². The summed E-state index contributed by atoms with van der Waals surface area (Å²) >= 11 is 5.45. The van der Waals surface area contributed by atoms with E-state index in [1.165, 1.54) is 16.5 Å². The van der Waals surface area contributed by atoms with Gasteiger partial charge in [-0.2, -0.15) is 0 Å². The third-order valence-corrected chi connectivity index (χ3v) is 4.80. The number of aromatic nitrogens is 1. The van der Waals surface area contributed by atoms with Gasteiger partial charge < -0.3 is 20.5 Å². The Labute approximate surface area is 160 Å². The molecule has 0 bridgehead atoms. The number of aromatic amines is 1. The highest BCUT2D eigenvalue weighted by Gasteiger charge is 2.18. The van der Waals surface area contributed by atoms with Crippen LogP contribution in [-0.4, -0.2) is 48.7 Å². The van der Waals surface area contributed by atoms with Gasteiger partial charge in [0.15, 0.2) is 5.11 Å². The number of H-pyrrole nitrogens is 1. The van der Waals surface area contributed by atoms with Gasteiger partial charge in [0.2, 0.25) is 0 Å². The minimum atomic E-state index is 0.223. The second-order valence-electron chi connectivity index (χ2n) is 6.69. The smallest absolute Gasteiger partial charge is 0.166 e. The average Bonchev–Trinajstić information content (AvgIpc) is 3.07. The van der Waals surface area contributed by atoms with E-state index in [4.69, 9.17) is 12.2 Å². The van der Waals surface area contributed by atoms with Crippen molar-refractivity contribution < 1.29 is 0 Å². The molecule has 3 N–H and O–H groups in total. The molecule has 0 saturated carbocycles. The molecule has 5 heteroatoms. The first-order valence-corrected chi connectivity index (χ1v) is 9.33. The number of hydrogen-bond acceptors (Lipinski definition) is 2. The SMILES string of the molecule is CN(C)CCNC(=S)NC[C@@H](c1ccccc1)c1c[nH]c2ccccc12. The van der Waals surface area contributed by atoms with Gasteiger partial charge in [-0.1, -0.05) is 48.5 Å². The highest BCUT2D eigenvalue weighted by Crippen LogP contribution is 2.30. The van der Waals surface area contributed by atoms with Crippen LogP contribution in [0.4, 0.5) is 0 Å². The number of likely N-dealkylation sites (N-methyl/N-ethyl adjacent to an activating group) is 1. The van der Waals surface area contributed by atoms with E-state index in [9.17, 15) is 0 Å². The van der Waals surface area contributed by atoms with E-state index in [0.29, 0.717) is 5.11 Å². The molecule has 0 aliphatic rings. The monoisotopic (exact) mass is 366 g/mol. The fourth-order valence-corrected chi connectivity index (χ4v) is 3.31. The summed E-state index contributed by atoms with van der Waals surface area (Å²) < 4.78 is 0. The summed E-state index contributed by atoms with van der Waals surface area (Å²) in [6, 6.07) is 19.0. The Morgan fingerprint density at radius 1 is 1.04 bits per heavy atom. The molecular weight excluding hydrogens is 340 g/mol. The minimum Gasteiger partial charge on any atom is -0.362 e. The second-order valence-corrected chi connectivity index (χ2v) is 7.10. The predicted octanol–water partition coefficient (Wildman–Crippen LogP) is 3.33. The van der Waals surface area contributed by atoms with Gasteiger partial charge in [-0.25, -0.2) is 0 Å². The highest BCUT2D eigenvalue weighted by molar-refractivity contribution is 7.80. The van der Waals surface area contributed by atoms with Crippen molar-refractivity contribution >= 4 is 28.2 Å². The summed E-state index contributed by atoms with van der Waals surface area (Å²) in [5.41, 5.74) is 3.73. The molecule has 2 aromatic carbocycles. The quantitative estimate of drug-likeness (QED) is 0.561. The van der Waals surface area contributed by atoms with Crippen molar-refractivity contribution in [2.75, 3.05) is 33.7 Å². The van der Waals surface area contributed by atoms with Gasteiger partial charge in [0, 0.05) is 42.7 Å². The fourth-order valence-electron chi connectivity index (χ4n) is 3.13. The van der Waals surface area contributed by atoms with E-state index >= 15 is 0 Å². The van der Waals surface area contributed by atoms with Crippen molar-refractivity contribution in [2.45, 2.75) is 5.92 Å². The molecule has 0 saturated heterocycles. The Kier molecular flexibility index (Phi) is 6.26. The Morgan fingerprint density at radius 3 is 2.54 bits per heavy atom. The number of rotatable bonds is 7. The summed E-state index contributed by atoms with van der Waals surface area (Å²) in [6.07, 6.45) is 2.12. The van der Waals surface area contributed by atoms with E-state index in [2.05, 4.69) is 95.4 Å². The number of hydrogen-bond donors (Lipinski definition) is 3. The van der Waals surface area contributed by atoms with Crippen molar-refractivity contribution in [1.82, 2.24) is 20.5 Å². The number of para-hydroxylation sites is 1. The number of nitrogens with zero attached hydrogens (tertiary/aromatic N) is 1. The molecule has 0 fully saturated rings. The average molecular weight is 367 g/mol. The van der Waals surface area contributed by atoms with Crippen molar-refractivity contribution in [2.24, 2.45) is 0 Å². The molecule has 0 aliphatic carbocycles. The molecule has 0 radical (unpaired) electrons. The molecule has 26 heavy (non-hydrogen) atoms. The number of fused-ring (bicyclic) bond motifs is 1. The minimum absolute atomic E-state index is 0.223. The lowest BCUT2D eigenvalue weighted by molar-refractivity contribution is 0.412. The van der Waals surface area contributed by atoms with Gasteiger partial charge in [-0.15, -0.1) is 0 Å². The van der Waals surface area contributed by atoms with Crippen LogP contribution in [0.15, 0.2) is 60.8 Å². The molecule has 0 amide bonds. The zero-order valence-electron chi connectivity index (χ0n) is 15.3. The highest BCUT2D eigenvalue weighted by atomic mass is 32.1. The van der Waals surface area contributed by atoms with Crippen LogP contribution in [-0.2, 0) is 0 Å². The first kappa shape index (κ1) is 18.4. The lowest BCUT2D eigenvalue weighted by atomic mass is 9.91. The molecule has 0 spiro atoms. The van der Waals surface area contributed by atoms with Gasteiger partial charge in [0.1, 0.15) is 0 Å². The molecule has 0 aliphatic heterocycles. The Balaban J connectivity index is 1.76. The van der Waals surface area contributed by atoms with Crippen LogP contribution in [0, 0.1) is 0 Å². The predicted molar refractivity (Wildman–Crippen MR) is 114 cm³/mol. The first-order chi connectivity index (χ1) is 12.6. The summed E-state index contributed by atoms with van der Waals surface area (Å²) in [4.78, 5) is 5.52. The Morgan fingerprint density at radius 2 is 1.77 bits per heavy atom. The third-order valence-electron chi connectivity index (χ3n) is 4.51. The van der Waals surface area contributed by atoms with Crippen LogP contribution in [0.5, 0.6) is 0 Å². The van der Waals surface area contributed by atoms with Crippen molar-refractivity contribution in [1.29, 1.82) is 0 Å². The van der Waals surface area contributed by atoms with Gasteiger partial charge in [-0.3, -0.25) is 0 Å². The van der Waals surface area contributed by atoms with Gasteiger partial charge in [0.25, 0.3) is 0 Å². The van der Waals surface area contributed by atoms with Crippen LogP contribution < -0.4 is 10.6 Å². The first-order valence-electron chi connectivity index (χ1n) is 8.92. The van der Waals surface area contributed by atoms with E-state index in [0.717, 1.165) is 25.2 Å². The molecule has 0 unspecified atom stereocenters. The Hall–Kier alpha value is -2.37. The van der Waals surface area contributed by atoms with Crippen LogP contribution in [0.1, 0.15) is 17.0 Å². The molecule has 4 nitrogen and oxygen atoms in total. The molecule has 1 atom stereocenters. The molecular formula is C21H26N4S. The van der Waals surface area contributed by atoms with E-state index in [1.807, 2.05) is 0 Å². The second kappa shape index (κ2) is 8.83. The lowest BCUT2D eigenvalue weighted by Crippen LogP contribution is -2.40.